The van der Waals surface area contributed by atoms with Gasteiger partial charge in [-0.15, -0.1) is 0 Å². The van der Waals surface area contributed by atoms with Crippen molar-refractivity contribution in [3.8, 4) is 11.5 Å². The van der Waals surface area contributed by atoms with Crippen LogP contribution in [0.2, 0.25) is 0 Å². The molecular weight excluding hydrogens is 468 g/mol. The number of pyridine rings is 1. The maximum atomic E-state index is 13.5. The number of fused-ring (bicyclic) bond motifs is 3. The van der Waals surface area contributed by atoms with E-state index in [0.29, 0.717) is 34.0 Å². The number of methoxy groups -OCH3 is 2. The first kappa shape index (κ1) is 22.7. The molecule has 2 amide bonds. The smallest absolute Gasteiger partial charge is 0.329 e. The molecule has 0 atom stereocenters. The fourth-order valence-corrected chi connectivity index (χ4v) is 5.97. The summed E-state index contributed by atoms with van der Waals surface area (Å²) in [5.41, 5.74) is 2.82. The van der Waals surface area contributed by atoms with Gasteiger partial charge >= 0.3 is 6.03 Å². The zero-order valence-electron chi connectivity index (χ0n) is 19.7. The van der Waals surface area contributed by atoms with Crippen molar-refractivity contribution in [1.29, 1.82) is 0 Å². The SMILES string of the molecule is COc1cc(OC)cc(N2Cc3cnc4c(cc(C)n4S(=O)(=O)c4ccccc4)c3N(C)C2=O)c1. The third-order valence-electron chi connectivity index (χ3n) is 6.12. The average Bonchev–Trinajstić information content (AvgIpc) is 3.22. The molecule has 0 bridgehead atoms. The molecule has 3 heterocycles. The Hall–Kier alpha value is -4.05. The number of nitrogens with zero attached hydrogens (tertiary/aromatic N) is 4. The highest BCUT2D eigenvalue weighted by Crippen LogP contribution is 2.39. The van der Waals surface area contributed by atoms with Gasteiger partial charge in [0.1, 0.15) is 11.5 Å². The molecular formula is C25H24N4O5S. The summed E-state index contributed by atoms with van der Waals surface area (Å²) >= 11 is 0. The molecule has 0 fully saturated rings. The number of benzene rings is 2. The minimum Gasteiger partial charge on any atom is -0.497 e. The van der Waals surface area contributed by atoms with Crippen molar-refractivity contribution in [2.24, 2.45) is 0 Å². The predicted molar refractivity (Wildman–Crippen MR) is 133 cm³/mol. The summed E-state index contributed by atoms with van der Waals surface area (Å²) in [4.78, 5) is 21.3. The van der Waals surface area contributed by atoms with E-state index in [2.05, 4.69) is 4.98 Å². The number of urea groups is 1. The van der Waals surface area contributed by atoms with Gasteiger partial charge in [-0.05, 0) is 25.1 Å². The summed E-state index contributed by atoms with van der Waals surface area (Å²) in [7, 11) is 0.904. The highest BCUT2D eigenvalue weighted by molar-refractivity contribution is 7.90. The van der Waals surface area contributed by atoms with E-state index in [9.17, 15) is 13.2 Å². The van der Waals surface area contributed by atoms with Gasteiger partial charge in [-0.2, -0.15) is 0 Å². The Morgan fingerprint density at radius 1 is 0.971 bits per heavy atom. The Bertz CT molecular complexity index is 1540. The zero-order chi connectivity index (χ0) is 24.9. The lowest BCUT2D eigenvalue weighted by Gasteiger charge is -2.35. The normalized spacial score (nSPS) is 13.8. The van der Waals surface area contributed by atoms with E-state index >= 15 is 0 Å². The van der Waals surface area contributed by atoms with Crippen molar-refractivity contribution in [2.45, 2.75) is 18.4 Å². The lowest BCUT2D eigenvalue weighted by Crippen LogP contribution is -2.45. The van der Waals surface area contributed by atoms with Crippen molar-refractivity contribution in [3.05, 3.63) is 72.1 Å². The lowest BCUT2D eigenvalue weighted by atomic mass is 10.1. The first-order chi connectivity index (χ1) is 16.8. The van der Waals surface area contributed by atoms with Gasteiger partial charge in [0.2, 0.25) is 0 Å². The topological polar surface area (TPSA) is 94.0 Å². The van der Waals surface area contributed by atoms with E-state index in [4.69, 9.17) is 9.47 Å². The fourth-order valence-electron chi connectivity index (χ4n) is 4.46. The Morgan fingerprint density at radius 2 is 1.63 bits per heavy atom. The molecule has 1 aliphatic rings. The van der Waals surface area contributed by atoms with Gasteiger partial charge in [-0.25, -0.2) is 22.2 Å². The highest BCUT2D eigenvalue weighted by Gasteiger charge is 2.33. The monoisotopic (exact) mass is 492 g/mol. The average molecular weight is 493 g/mol. The van der Waals surface area contributed by atoms with Crippen molar-refractivity contribution >= 4 is 38.5 Å². The van der Waals surface area contributed by atoms with E-state index in [1.807, 2.05) is 0 Å². The second kappa shape index (κ2) is 8.31. The molecule has 9 nitrogen and oxygen atoms in total. The van der Waals surface area contributed by atoms with E-state index in [-0.39, 0.29) is 23.1 Å². The molecule has 10 heteroatoms. The van der Waals surface area contributed by atoms with Crippen LogP contribution in [0, 0.1) is 6.92 Å². The largest absolute Gasteiger partial charge is 0.497 e. The zero-order valence-corrected chi connectivity index (χ0v) is 20.5. The van der Waals surface area contributed by atoms with Crippen LogP contribution in [-0.2, 0) is 16.6 Å². The number of aryl methyl sites for hydroxylation is 1. The summed E-state index contributed by atoms with van der Waals surface area (Å²) in [6.45, 7) is 1.97. The molecule has 0 N–H and O–H groups in total. The first-order valence-electron chi connectivity index (χ1n) is 10.8. The van der Waals surface area contributed by atoms with Crippen LogP contribution >= 0.6 is 0 Å². The van der Waals surface area contributed by atoms with Crippen LogP contribution < -0.4 is 19.3 Å². The van der Waals surface area contributed by atoms with Gasteiger partial charge < -0.3 is 9.47 Å². The predicted octanol–water partition coefficient (Wildman–Crippen LogP) is 4.18. The van der Waals surface area contributed by atoms with Crippen LogP contribution in [0.5, 0.6) is 11.5 Å². The number of aromatic nitrogens is 2. The minimum absolute atomic E-state index is 0.169. The number of hydrogen-bond donors (Lipinski definition) is 0. The highest BCUT2D eigenvalue weighted by atomic mass is 32.2. The molecule has 0 saturated heterocycles. The number of ether oxygens (including phenoxy) is 2. The molecule has 2 aromatic carbocycles. The standard InChI is InChI=1S/C25H24N4O5S/c1-16-10-22-23-17(14-26-24(22)29(16)35(31,32)21-8-6-5-7-9-21)15-28(25(30)27(23)2)18-11-19(33-3)13-20(12-18)34-4/h5-14H,15H2,1-4H3. The number of rotatable bonds is 5. The van der Waals surface area contributed by atoms with Crippen LogP contribution in [0.3, 0.4) is 0 Å². The first-order valence-corrected chi connectivity index (χ1v) is 12.3. The molecule has 2 aromatic heterocycles. The molecule has 1 aliphatic heterocycles. The van der Waals surface area contributed by atoms with Gasteiger partial charge in [-0.1, -0.05) is 18.2 Å². The number of carbonyl (C=O) groups is 1. The Kier molecular flexibility index (Phi) is 5.40. The molecule has 4 aromatic rings. The molecule has 5 rings (SSSR count). The summed E-state index contributed by atoms with van der Waals surface area (Å²) in [5.74, 6) is 1.13. The minimum atomic E-state index is -3.87. The van der Waals surface area contributed by atoms with Crippen LogP contribution in [-0.4, -0.2) is 44.7 Å². The molecule has 0 spiro atoms. The maximum Gasteiger partial charge on any atom is 0.329 e. The number of hydrogen-bond acceptors (Lipinski definition) is 6. The molecule has 0 aliphatic carbocycles. The Labute approximate surface area is 203 Å². The summed E-state index contributed by atoms with van der Waals surface area (Å²) in [6.07, 6.45) is 1.63. The van der Waals surface area contributed by atoms with Crippen LogP contribution in [0.25, 0.3) is 11.0 Å². The van der Waals surface area contributed by atoms with Crippen molar-refractivity contribution in [3.63, 3.8) is 0 Å². The quantitative estimate of drug-likeness (QED) is 0.415. The van der Waals surface area contributed by atoms with Crippen molar-refractivity contribution < 1.29 is 22.7 Å². The van der Waals surface area contributed by atoms with Gasteiger partial charge in [0.05, 0.1) is 37.0 Å². The number of anilines is 2. The van der Waals surface area contributed by atoms with Gasteiger partial charge in [-0.3, -0.25) is 9.80 Å². The molecule has 0 unspecified atom stereocenters. The molecule has 180 valence electrons. The second-order valence-electron chi connectivity index (χ2n) is 8.24. The van der Waals surface area contributed by atoms with Gasteiger partial charge in [0.15, 0.2) is 5.65 Å². The van der Waals surface area contributed by atoms with Crippen LogP contribution in [0.1, 0.15) is 11.3 Å². The van der Waals surface area contributed by atoms with E-state index in [1.165, 1.54) is 8.87 Å². The van der Waals surface area contributed by atoms with E-state index in [0.717, 1.165) is 5.56 Å². The third-order valence-corrected chi connectivity index (χ3v) is 7.93. The van der Waals surface area contributed by atoms with Crippen LogP contribution in [0.15, 0.2) is 65.7 Å². The summed E-state index contributed by atoms with van der Waals surface area (Å²) < 4.78 is 38.8. The van der Waals surface area contributed by atoms with Crippen LogP contribution in [0.4, 0.5) is 16.2 Å². The fraction of sp³-hybridized carbons (Fsp3) is 0.200. The second-order valence-corrected chi connectivity index (χ2v) is 10.0. The van der Waals surface area contributed by atoms with Gasteiger partial charge in [0.25, 0.3) is 10.0 Å². The van der Waals surface area contributed by atoms with Gasteiger partial charge in [0, 0.05) is 48.1 Å². The Morgan fingerprint density at radius 3 is 2.26 bits per heavy atom. The third kappa shape index (κ3) is 3.57. The molecule has 0 radical (unpaired) electrons. The van der Waals surface area contributed by atoms with E-state index < -0.39 is 10.0 Å². The number of carbonyl (C=O) groups excluding carboxylic acids is 1. The summed E-state index contributed by atoms with van der Waals surface area (Å²) in [5, 5.41) is 0.596. The lowest BCUT2D eigenvalue weighted by molar-refractivity contribution is 0.251. The molecule has 35 heavy (non-hydrogen) atoms. The summed E-state index contributed by atoms with van der Waals surface area (Å²) in [6, 6.07) is 15.0. The van der Waals surface area contributed by atoms with Crippen molar-refractivity contribution in [2.75, 3.05) is 31.1 Å². The Balaban J connectivity index is 1.64. The van der Waals surface area contributed by atoms with Crippen molar-refractivity contribution in [1.82, 2.24) is 8.96 Å². The molecule has 0 saturated carbocycles. The maximum absolute atomic E-state index is 13.5. The number of amides is 2. The van der Waals surface area contributed by atoms with E-state index in [1.54, 1.807) is 93.9 Å².